The monoisotopic (exact) mass is 413 g/mol. The molecular formula is C22H18F3N3O2. The molecule has 1 aromatic heterocycles. The molecule has 4 rings (SSSR count). The highest BCUT2D eigenvalue weighted by Crippen LogP contribution is 2.32. The average molecular weight is 413 g/mol. The summed E-state index contributed by atoms with van der Waals surface area (Å²) in [7, 11) is 0. The van der Waals surface area contributed by atoms with Gasteiger partial charge in [-0.05, 0) is 35.4 Å². The minimum atomic E-state index is -4.43. The van der Waals surface area contributed by atoms with Gasteiger partial charge in [-0.15, -0.1) is 0 Å². The Morgan fingerprint density at radius 2 is 2.03 bits per heavy atom. The van der Waals surface area contributed by atoms with Crippen molar-refractivity contribution < 1.29 is 22.7 Å². The lowest BCUT2D eigenvalue weighted by molar-refractivity contribution is -0.137. The lowest BCUT2D eigenvalue weighted by Gasteiger charge is -2.12. The Kier molecular flexibility index (Phi) is 5.39. The molecule has 1 N–H and O–H groups in total. The van der Waals surface area contributed by atoms with E-state index in [1.54, 1.807) is 18.6 Å². The highest BCUT2D eigenvalue weighted by Gasteiger charge is 2.30. The molecule has 0 aliphatic carbocycles. The third-order valence-corrected chi connectivity index (χ3v) is 4.81. The number of carbonyl (C=O) groups is 1. The van der Waals surface area contributed by atoms with Crippen LogP contribution < -0.4 is 10.1 Å². The van der Waals surface area contributed by atoms with E-state index >= 15 is 0 Å². The van der Waals surface area contributed by atoms with Crippen molar-refractivity contribution in [3.63, 3.8) is 0 Å². The number of fused-ring (bicyclic) bond motifs is 1. The van der Waals surface area contributed by atoms with Crippen molar-refractivity contribution in [2.75, 3.05) is 6.54 Å². The van der Waals surface area contributed by atoms with Gasteiger partial charge in [-0.2, -0.15) is 13.2 Å². The van der Waals surface area contributed by atoms with E-state index in [0.717, 1.165) is 34.7 Å². The number of halogens is 3. The van der Waals surface area contributed by atoms with Gasteiger partial charge in [0.15, 0.2) is 0 Å². The molecule has 0 fully saturated rings. The van der Waals surface area contributed by atoms with Crippen LogP contribution >= 0.6 is 0 Å². The van der Waals surface area contributed by atoms with E-state index in [-0.39, 0.29) is 25.0 Å². The van der Waals surface area contributed by atoms with Crippen LogP contribution in [0.25, 0.3) is 11.3 Å². The van der Waals surface area contributed by atoms with Crippen LogP contribution in [-0.4, -0.2) is 28.5 Å². The van der Waals surface area contributed by atoms with Gasteiger partial charge >= 0.3 is 6.18 Å². The van der Waals surface area contributed by atoms with Crippen LogP contribution in [-0.2, 0) is 23.8 Å². The molecule has 2 aromatic carbocycles. The zero-order chi connectivity index (χ0) is 21.1. The van der Waals surface area contributed by atoms with Crippen LogP contribution in [0.5, 0.6) is 5.75 Å². The second kappa shape index (κ2) is 8.14. The second-order valence-electron chi connectivity index (χ2n) is 7.04. The predicted molar refractivity (Wildman–Crippen MR) is 104 cm³/mol. The second-order valence-corrected chi connectivity index (χ2v) is 7.04. The molecule has 0 saturated carbocycles. The Hall–Kier alpha value is -3.42. The maximum absolute atomic E-state index is 12.8. The number of nitrogens with zero attached hydrogens (tertiary/aromatic N) is 2. The Morgan fingerprint density at radius 3 is 2.80 bits per heavy atom. The standard InChI is InChI=1S/C22H18F3N3O2/c23-22(24,25)17-3-1-2-14(8-17)9-21(29)28-12-18-11-16-10-15(4-5-20(16)30-18)19-13-26-6-7-27-19/h1-8,10,13,18H,9,11-12H2,(H,28,29)/t18-/m0/s1. The molecule has 0 saturated heterocycles. The normalized spacial score (nSPS) is 15.4. The van der Waals surface area contributed by atoms with Crippen molar-refractivity contribution in [1.82, 2.24) is 15.3 Å². The Bertz CT molecular complexity index is 1050. The average Bonchev–Trinajstić information content (AvgIpc) is 3.15. The molecule has 0 unspecified atom stereocenters. The first-order valence-electron chi connectivity index (χ1n) is 9.37. The maximum atomic E-state index is 12.8. The SMILES string of the molecule is O=C(Cc1cccc(C(F)(F)F)c1)NC[C@@H]1Cc2cc(-c3cnccn3)ccc2O1. The first-order chi connectivity index (χ1) is 14.4. The molecule has 1 amide bonds. The van der Waals surface area contributed by atoms with Crippen molar-refractivity contribution in [2.24, 2.45) is 0 Å². The number of aromatic nitrogens is 2. The summed E-state index contributed by atoms with van der Waals surface area (Å²) in [5.41, 5.74) is 2.25. The highest BCUT2D eigenvalue weighted by molar-refractivity contribution is 5.78. The zero-order valence-corrected chi connectivity index (χ0v) is 15.8. The van der Waals surface area contributed by atoms with Crippen LogP contribution in [0.2, 0.25) is 0 Å². The maximum Gasteiger partial charge on any atom is 0.416 e. The number of rotatable bonds is 5. The van der Waals surface area contributed by atoms with Gasteiger partial charge in [-0.3, -0.25) is 14.8 Å². The quantitative estimate of drug-likeness (QED) is 0.691. The first kappa shape index (κ1) is 19.9. The summed E-state index contributed by atoms with van der Waals surface area (Å²) in [5, 5.41) is 2.74. The van der Waals surface area contributed by atoms with Gasteiger partial charge in [0, 0.05) is 24.4 Å². The molecule has 1 aliphatic heterocycles. The molecule has 0 spiro atoms. The van der Waals surface area contributed by atoms with Gasteiger partial charge < -0.3 is 10.1 Å². The summed E-state index contributed by atoms with van der Waals surface area (Å²) in [6, 6.07) is 10.5. The lowest BCUT2D eigenvalue weighted by atomic mass is 10.0. The first-order valence-corrected chi connectivity index (χ1v) is 9.37. The highest BCUT2D eigenvalue weighted by atomic mass is 19.4. The fraction of sp³-hybridized carbons (Fsp3) is 0.227. The molecule has 3 aromatic rings. The van der Waals surface area contributed by atoms with Gasteiger partial charge in [0.2, 0.25) is 5.91 Å². The minimum Gasteiger partial charge on any atom is -0.488 e. The summed E-state index contributed by atoms with van der Waals surface area (Å²) in [5.74, 6) is 0.397. The fourth-order valence-electron chi connectivity index (χ4n) is 3.37. The van der Waals surface area contributed by atoms with E-state index in [4.69, 9.17) is 4.74 Å². The third-order valence-electron chi connectivity index (χ3n) is 4.81. The van der Waals surface area contributed by atoms with Crippen LogP contribution in [0.1, 0.15) is 16.7 Å². The van der Waals surface area contributed by atoms with Crippen LogP contribution in [0.4, 0.5) is 13.2 Å². The molecule has 30 heavy (non-hydrogen) atoms. The number of hydrogen-bond donors (Lipinski definition) is 1. The van der Waals surface area contributed by atoms with Crippen LogP contribution in [0, 0.1) is 0 Å². The van der Waals surface area contributed by atoms with Gasteiger partial charge in [-0.1, -0.05) is 18.2 Å². The number of amides is 1. The van der Waals surface area contributed by atoms with Gasteiger partial charge in [0.1, 0.15) is 11.9 Å². The Labute approximate surface area is 170 Å². The number of nitrogens with one attached hydrogen (secondary N) is 1. The molecule has 1 atom stereocenters. The summed E-state index contributed by atoms with van der Waals surface area (Å²) in [6.45, 7) is 0.271. The van der Waals surface area contributed by atoms with Crippen molar-refractivity contribution in [2.45, 2.75) is 25.1 Å². The van der Waals surface area contributed by atoms with E-state index in [2.05, 4.69) is 15.3 Å². The van der Waals surface area contributed by atoms with Gasteiger partial charge in [0.05, 0.1) is 30.4 Å². The third kappa shape index (κ3) is 4.59. The predicted octanol–water partition coefficient (Wildman–Crippen LogP) is 3.82. The molecule has 5 nitrogen and oxygen atoms in total. The fourth-order valence-corrected chi connectivity index (χ4v) is 3.37. The van der Waals surface area contributed by atoms with Gasteiger partial charge in [-0.25, -0.2) is 0 Å². The Balaban J connectivity index is 1.33. The van der Waals surface area contributed by atoms with E-state index < -0.39 is 11.7 Å². The van der Waals surface area contributed by atoms with Crippen molar-refractivity contribution >= 4 is 5.91 Å². The van der Waals surface area contributed by atoms with E-state index in [0.29, 0.717) is 12.0 Å². The van der Waals surface area contributed by atoms with Crippen molar-refractivity contribution in [3.8, 4) is 17.0 Å². The molecular weight excluding hydrogens is 395 g/mol. The van der Waals surface area contributed by atoms with Gasteiger partial charge in [0.25, 0.3) is 0 Å². The molecule has 154 valence electrons. The number of hydrogen-bond acceptors (Lipinski definition) is 4. The molecule has 8 heteroatoms. The largest absolute Gasteiger partial charge is 0.488 e. The van der Waals surface area contributed by atoms with Crippen molar-refractivity contribution in [1.29, 1.82) is 0 Å². The van der Waals surface area contributed by atoms with E-state index in [9.17, 15) is 18.0 Å². The summed E-state index contributed by atoms with van der Waals surface area (Å²) in [4.78, 5) is 20.5. The number of ether oxygens (including phenoxy) is 1. The Morgan fingerprint density at radius 1 is 1.17 bits per heavy atom. The zero-order valence-electron chi connectivity index (χ0n) is 15.8. The van der Waals surface area contributed by atoms with E-state index in [1.165, 1.54) is 12.1 Å². The lowest BCUT2D eigenvalue weighted by Crippen LogP contribution is -2.35. The van der Waals surface area contributed by atoms with Crippen molar-refractivity contribution in [3.05, 3.63) is 77.7 Å². The molecule has 0 radical (unpaired) electrons. The van der Waals surface area contributed by atoms with Crippen LogP contribution in [0.15, 0.2) is 61.1 Å². The smallest absolute Gasteiger partial charge is 0.416 e. The van der Waals surface area contributed by atoms with E-state index in [1.807, 2.05) is 18.2 Å². The summed E-state index contributed by atoms with van der Waals surface area (Å²) >= 11 is 0. The summed E-state index contributed by atoms with van der Waals surface area (Å²) < 4.78 is 44.3. The molecule has 0 bridgehead atoms. The molecule has 2 heterocycles. The number of benzene rings is 2. The van der Waals surface area contributed by atoms with Crippen LogP contribution in [0.3, 0.4) is 0 Å². The topological polar surface area (TPSA) is 64.1 Å². The minimum absolute atomic E-state index is 0.125. The summed E-state index contributed by atoms with van der Waals surface area (Å²) in [6.07, 6.45) is 0.749. The molecule has 1 aliphatic rings. The number of alkyl halides is 3. The number of carbonyl (C=O) groups excluding carboxylic acids is 1.